The fourth-order valence-corrected chi connectivity index (χ4v) is 1.86. The third-order valence-electron chi connectivity index (χ3n) is 3.10. The van der Waals surface area contributed by atoms with Gasteiger partial charge in [0.2, 0.25) is 11.8 Å². The molecule has 2 rings (SSSR count). The van der Waals surface area contributed by atoms with Crippen molar-refractivity contribution < 1.29 is 9.59 Å². The van der Waals surface area contributed by atoms with E-state index in [-0.39, 0.29) is 11.8 Å². The average molecular weight is 195 g/mol. The molecule has 1 aliphatic carbocycles. The summed E-state index contributed by atoms with van der Waals surface area (Å²) in [6, 6.07) is 0. The highest BCUT2D eigenvalue weighted by atomic mass is 16.2. The molecular formula is C10H15N2O2. The first-order valence-electron chi connectivity index (χ1n) is 5.09. The van der Waals surface area contributed by atoms with Gasteiger partial charge in [-0.3, -0.25) is 9.59 Å². The topological polar surface area (TPSA) is 63.4 Å². The van der Waals surface area contributed by atoms with Crippen LogP contribution >= 0.6 is 0 Å². The van der Waals surface area contributed by atoms with Crippen molar-refractivity contribution in [3.05, 3.63) is 6.42 Å². The summed E-state index contributed by atoms with van der Waals surface area (Å²) in [7, 11) is 0. The van der Waals surface area contributed by atoms with Crippen molar-refractivity contribution >= 4 is 11.8 Å². The molecule has 0 spiro atoms. The number of hydrogen-bond donors (Lipinski definition) is 1. The Balaban J connectivity index is 1.91. The van der Waals surface area contributed by atoms with Crippen molar-refractivity contribution in [2.75, 3.05) is 13.1 Å². The lowest BCUT2D eigenvalue weighted by atomic mass is 10.0. The second-order valence-electron chi connectivity index (χ2n) is 4.20. The largest absolute Gasteiger partial charge is 0.369 e. The molecule has 14 heavy (non-hydrogen) atoms. The molecule has 1 heterocycles. The Hall–Kier alpha value is -1.06. The fraction of sp³-hybridized carbons (Fsp3) is 0.700. The highest BCUT2D eigenvalue weighted by Crippen LogP contribution is 2.48. The number of carbonyl (C=O) groups excluding carboxylic acids is 2. The molecule has 1 radical (unpaired) electrons. The summed E-state index contributed by atoms with van der Waals surface area (Å²) in [5, 5.41) is 0. The maximum Gasteiger partial charge on any atom is 0.227 e. The molecular weight excluding hydrogens is 180 g/mol. The summed E-state index contributed by atoms with van der Waals surface area (Å²) in [6.07, 6.45) is 5.15. The van der Waals surface area contributed by atoms with E-state index in [1.54, 1.807) is 4.90 Å². The Labute approximate surface area is 83.4 Å². The van der Waals surface area contributed by atoms with Crippen LogP contribution in [0, 0.1) is 11.8 Å². The monoisotopic (exact) mass is 195 g/mol. The zero-order valence-corrected chi connectivity index (χ0v) is 8.16. The quantitative estimate of drug-likeness (QED) is 0.693. The minimum absolute atomic E-state index is 0.0150. The number of rotatable bonds is 3. The summed E-state index contributed by atoms with van der Waals surface area (Å²) >= 11 is 0. The van der Waals surface area contributed by atoms with Crippen LogP contribution in [-0.4, -0.2) is 29.8 Å². The molecule has 0 aromatic carbocycles. The van der Waals surface area contributed by atoms with Gasteiger partial charge >= 0.3 is 0 Å². The van der Waals surface area contributed by atoms with Crippen molar-refractivity contribution in [1.29, 1.82) is 0 Å². The second-order valence-corrected chi connectivity index (χ2v) is 4.20. The molecule has 0 aromatic heterocycles. The van der Waals surface area contributed by atoms with Crippen LogP contribution in [0.2, 0.25) is 0 Å². The van der Waals surface area contributed by atoms with Crippen LogP contribution in [0.25, 0.3) is 0 Å². The number of likely N-dealkylation sites (tertiary alicyclic amines) is 1. The highest BCUT2D eigenvalue weighted by molar-refractivity contribution is 5.96. The van der Waals surface area contributed by atoms with Crippen LogP contribution in [0.3, 0.4) is 0 Å². The summed E-state index contributed by atoms with van der Waals surface area (Å²) in [5.41, 5.74) is 4.64. The number of primary amides is 1. The van der Waals surface area contributed by atoms with Crippen LogP contribution < -0.4 is 5.73 Å². The van der Waals surface area contributed by atoms with E-state index in [4.69, 9.17) is 5.73 Å². The molecule has 0 bridgehead atoms. The van der Waals surface area contributed by atoms with E-state index >= 15 is 0 Å². The van der Waals surface area contributed by atoms with Crippen LogP contribution in [-0.2, 0) is 9.59 Å². The molecule has 4 nitrogen and oxygen atoms in total. The lowest BCUT2D eigenvalue weighted by Crippen LogP contribution is -2.35. The molecule has 2 amide bonds. The van der Waals surface area contributed by atoms with E-state index in [1.807, 2.05) is 0 Å². The number of nitrogens with two attached hydrogens (primary N) is 1. The first-order valence-corrected chi connectivity index (χ1v) is 5.09. The van der Waals surface area contributed by atoms with Gasteiger partial charge in [-0.2, -0.15) is 0 Å². The first-order chi connectivity index (χ1) is 6.64. The lowest BCUT2D eigenvalue weighted by molar-refractivity contribution is -0.130. The van der Waals surface area contributed by atoms with Crippen molar-refractivity contribution in [2.45, 2.75) is 25.7 Å². The van der Waals surface area contributed by atoms with E-state index in [0.717, 1.165) is 38.8 Å². The van der Waals surface area contributed by atoms with Gasteiger partial charge in [0.1, 0.15) is 0 Å². The number of hydrogen-bond acceptors (Lipinski definition) is 2. The second kappa shape index (κ2) is 3.26. The normalized spacial score (nSPS) is 23.6. The van der Waals surface area contributed by atoms with Crippen molar-refractivity contribution in [2.24, 2.45) is 11.1 Å². The van der Waals surface area contributed by atoms with Gasteiger partial charge in [-0.15, -0.1) is 0 Å². The summed E-state index contributed by atoms with van der Waals surface area (Å²) in [4.78, 5) is 24.5. The van der Waals surface area contributed by atoms with E-state index < -0.39 is 5.41 Å². The molecule has 0 atom stereocenters. The minimum Gasteiger partial charge on any atom is -0.369 e. The Kier molecular flexibility index (Phi) is 2.21. The molecule has 2 fully saturated rings. The van der Waals surface area contributed by atoms with E-state index in [9.17, 15) is 9.59 Å². The van der Waals surface area contributed by atoms with Gasteiger partial charge < -0.3 is 10.6 Å². The van der Waals surface area contributed by atoms with Gasteiger partial charge in [0.15, 0.2) is 0 Å². The molecule has 2 aliphatic rings. The molecule has 0 unspecified atom stereocenters. The summed E-state index contributed by atoms with van der Waals surface area (Å²) in [6.45, 7) is 1.65. The van der Waals surface area contributed by atoms with Gasteiger partial charge in [0, 0.05) is 13.1 Å². The molecule has 2 N–H and O–H groups in total. The van der Waals surface area contributed by atoms with Crippen molar-refractivity contribution in [3.8, 4) is 0 Å². The van der Waals surface area contributed by atoms with Gasteiger partial charge in [-0.25, -0.2) is 0 Å². The maximum atomic E-state index is 11.7. The molecule has 4 heteroatoms. The Morgan fingerprint density at radius 3 is 2.21 bits per heavy atom. The highest BCUT2D eigenvalue weighted by Gasteiger charge is 2.50. The lowest BCUT2D eigenvalue weighted by Gasteiger charge is -2.17. The SMILES string of the molecule is NC(=O)C1([CH]C(=O)N2CCCC2)CC1. The van der Waals surface area contributed by atoms with Crippen LogP contribution in [0.4, 0.5) is 0 Å². The smallest absolute Gasteiger partial charge is 0.227 e. The zero-order valence-electron chi connectivity index (χ0n) is 8.16. The van der Waals surface area contributed by atoms with Crippen LogP contribution in [0.1, 0.15) is 25.7 Å². The van der Waals surface area contributed by atoms with E-state index in [2.05, 4.69) is 0 Å². The van der Waals surface area contributed by atoms with E-state index in [1.165, 1.54) is 6.42 Å². The minimum atomic E-state index is -0.598. The third-order valence-corrected chi connectivity index (χ3v) is 3.10. The van der Waals surface area contributed by atoms with Crippen LogP contribution in [0.5, 0.6) is 0 Å². The van der Waals surface area contributed by atoms with Crippen molar-refractivity contribution in [1.82, 2.24) is 4.90 Å². The third kappa shape index (κ3) is 1.61. The van der Waals surface area contributed by atoms with Crippen molar-refractivity contribution in [3.63, 3.8) is 0 Å². The van der Waals surface area contributed by atoms with Gasteiger partial charge in [-0.05, 0) is 25.7 Å². The van der Waals surface area contributed by atoms with Gasteiger partial charge in [-0.1, -0.05) is 0 Å². The Morgan fingerprint density at radius 2 is 1.79 bits per heavy atom. The molecule has 1 saturated heterocycles. The standard InChI is InChI=1S/C10H15N2O2/c11-9(14)10(3-4-10)7-8(13)12-5-1-2-6-12/h7H,1-6H2,(H2,11,14). The number of carbonyl (C=O) groups is 2. The number of nitrogens with zero attached hydrogens (tertiary/aromatic N) is 1. The Morgan fingerprint density at radius 1 is 1.21 bits per heavy atom. The molecule has 0 aromatic rings. The first kappa shape index (κ1) is 9.49. The van der Waals surface area contributed by atoms with Gasteiger partial charge in [0.05, 0.1) is 11.8 Å². The summed E-state index contributed by atoms with van der Waals surface area (Å²) < 4.78 is 0. The zero-order chi connectivity index (χ0) is 10.2. The number of amides is 2. The maximum absolute atomic E-state index is 11.7. The van der Waals surface area contributed by atoms with E-state index in [0.29, 0.717) is 0 Å². The van der Waals surface area contributed by atoms with Crippen LogP contribution in [0.15, 0.2) is 0 Å². The molecule has 1 saturated carbocycles. The molecule has 77 valence electrons. The summed E-state index contributed by atoms with van der Waals surface area (Å²) in [5.74, 6) is -0.371. The predicted molar refractivity (Wildman–Crippen MR) is 51.0 cm³/mol. The van der Waals surface area contributed by atoms with Gasteiger partial charge in [0.25, 0.3) is 0 Å². The fourth-order valence-electron chi connectivity index (χ4n) is 1.86. The Bertz CT molecular complexity index is 265. The predicted octanol–water partition coefficient (Wildman–Crippen LogP) is 0.0786. The molecule has 1 aliphatic heterocycles. The average Bonchev–Trinajstić information content (AvgIpc) is 2.74.